The summed E-state index contributed by atoms with van der Waals surface area (Å²) in [6, 6.07) is 6.01. The van der Waals surface area contributed by atoms with Crippen LogP contribution in [0.2, 0.25) is 0 Å². The van der Waals surface area contributed by atoms with Gasteiger partial charge in [-0.25, -0.2) is 4.79 Å². The molecule has 0 radical (unpaired) electrons. The van der Waals surface area contributed by atoms with E-state index in [0.717, 1.165) is 25.9 Å². The van der Waals surface area contributed by atoms with Crippen molar-refractivity contribution in [3.8, 4) is 11.8 Å². The molecule has 2 rings (SSSR count). The Morgan fingerprint density at radius 3 is 2.79 bits per heavy atom. The first kappa shape index (κ1) is 17.5. The Bertz CT molecular complexity index is 635. The van der Waals surface area contributed by atoms with Gasteiger partial charge in [0.15, 0.2) is 5.56 Å². The van der Waals surface area contributed by atoms with Gasteiger partial charge in [-0.3, -0.25) is 10.1 Å². The van der Waals surface area contributed by atoms with E-state index in [4.69, 9.17) is 10.00 Å². The highest BCUT2D eigenvalue weighted by atomic mass is 16.6. The fraction of sp³-hybridized carbons (Fsp3) is 0.500. The number of carbonyl (C=O) groups is 1. The topological polar surface area (TPSA) is 108 Å². The second kappa shape index (κ2) is 8.72. The summed E-state index contributed by atoms with van der Waals surface area (Å²) in [4.78, 5) is 24.0. The van der Waals surface area contributed by atoms with E-state index < -0.39 is 4.92 Å². The van der Waals surface area contributed by atoms with Crippen LogP contribution in [0.3, 0.4) is 0 Å². The minimum absolute atomic E-state index is 0.0669. The van der Waals surface area contributed by atoms with Crippen LogP contribution in [0, 0.1) is 21.4 Å². The molecule has 0 saturated carbocycles. The van der Waals surface area contributed by atoms with Crippen molar-refractivity contribution in [2.24, 2.45) is 0 Å². The lowest BCUT2D eigenvalue weighted by Gasteiger charge is -2.26. The van der Waals surface area contributed by atoms with Crippen LogP contribution in [-0.4, -0.2) is 42.1 Å². The van der Waals surface area contributed by atoms with Gasteiger partial charge in [0.05, 0.1) is 11.5 Å². The summed E-state index contributed by atoms with van der Waals surface area (Å²) in [5.74, 6) is 0.189. The molecule has 0 unspecified atom stereocenters. The van der Waals surface area contributed by atoms with Crippen molar-refractivity contribution in [1.82, 2.24) is 10.2 Å². The molecular weight excluding hydrogens is 312 g/mol. The van der Waals surface area contributed by atoms with Crippen molar-refractivity contribution in [3.05, 3.63) is 33.9 Å². The zero-order valence-electron chi connectivity index (χ0n) is 13.4. The zero-order valence-corrected chi connectivity index (χ0v) is 13.4. The molecule has 128 valence electrons. The van der Waals surface area contributed by atoms with Crippen molar-refractivity contribution < 1.29 is 14.5 Å². The number of nitro benzene ring substituents is 1. The summed E-state index contributed by atoms with van der Waals surface area (Å²) in [6.07, 6.45) is 3.80. The fourth-order valence-electron chi connectivity index (χ4n) is 2.56. The van der Waals surface area contributed by atoms with E-state index in [1.54, 1.807) is 11.0 Å². The lowest BCUT2D eigenvalue weighted by molar-refractivity contribution is -0.385. The smallest absolute Gasteiger partial charge is 0.317 e. The quantitative estimate of drug-likeness (QED) is 0.489. The van der Waals surface area contributed by atoms with Crippen molar-refractivity contribution in [2.75, 3.05) is 26.2 Å². The molecule has 0 spiro atoms. The van der Waals surface area contributed by atoms with Crippen molar-refractivity contribution in [3.63, 3.8) is 0 Å². The van der Waals surface area contributed by atoms with Crippen molar-refractivity contribution >= 4 is 11.7 Å². The average molecular weight is 332 g/mol. The summed E-state index contributed by atoms with van der Waals surface area (Å²) in [6.45, 7) is 2.30. The van der Waals surface area contributed by atoms with E-state index >= 15 is 0 Å². The van der Waals surface area contributed by atoms with Crippen LogP contribution < -0.4 is 10.1 Å². The first-order valence-electron chi connectivity index (χ1n) is 7.96. The third kappa shape index (κ3) is 4.59. The highest BCUT2D eigenvalue weighted by Gasteiger charge is 2.18. The molecule has 1 aliphatic heterocycles. The van der Waals surface area contributed by atoms with Crippen LogP contribution in [0.5, 0.6) is 5.75 Å². The molecule has 0 bridgehead atoms. The van der Waals surface area contributed by atoms with Crippen LogP contribution in [-0.2, 0) is 0 Å². The van der Waals surface area contributed by atoms with Gasteiger partial charge in [-0.1, -0.05) is 6.07 Å². The van der Waals surface area contributed by atoms with E-state index in [1.165, 1.54) is 24.6 Å². The molecule has 1 heterocycles. The summed E-state index contributed by atoms with van der Waals surface area (Å²) in [5, 5.41) is 22.8. The summed E-state index contributed by atoms with van der Waals surface area (Å²) < 4.78 is 5.45. The van der Waals surface area contributed by atoms with Crippen LogP contribution >= 0.6 is 0 Å². The van der Waals surface area contributed by atoms with Gasteiger partial charge in [-0.2, -0.15) is 5.26 Å². The molecular formula is C16H20N4O4. The third-order valence-corrected chi connectivity index (χ3v) is 3.81. The molecule has 0 aromatic heterocycles. The van der Waals surface area contributed by atoms with Crippen LogP contribution in [0.15, 0.2) is 18.2 Å². The number of nitro groups is 1. The number of benzene rings is 1. The van der Waals surface area contributed by atoms with E-state index in [1.807, 2.05) is 0 Å². The van der Waals surface area contributed by atoms with E-state index in [2.05, 4.69) is 5.32 Å². The van der Waals surface area contributed by atoms with Gasteiger partial charge >= 0.3 is 6.03 Å². The predicted molar refractivity (Wildman–Crippen MR) is 86.7 cm³/mol. The number of hydrogen-bond acceptors (Lipinski definition) is 5. The predicted octanol–water partition coefficient (Wildman–Crippen LogP) is 2.43. The minimum atomic E-state index is -0.607. The molecule has 1 N–H and O–H groups in total. The summed E-state index contributed by atoms with van der Waals surface area (Å²) >= 11 is 0. The standard InChI is InChI=1S/C16H20N4O4/c17-12-13-14(20(22)23)6-4-7-15(13)24-11-5-8-18-16(21)19-9-2-1-3-10-19/h4,6-7H,1-3,5,8-11H2,(H,18,21). The van der Waals surface area contributed by atoms with Crippen LogP contribution in [0.25, 0.3) is 0 Å². The minimum Gasteiger partial charge on any atom is -0.492 e. The van der Waals surface area contributed by atoms with Gasteiger partial charge in [0.25, 0.3) is 5.69 Å². The number of amides is 2. The van der Waals surface area contributed by atoms with Gasteiger partial charge in [-0.15, -0.1) is 0 Å². The van der Waals surface area contributed by atoms with E-state index in [-0.39, 0.29) is 29.6 Å². The van der Waals surface area contributed by atoms with Gasteiger partial charge in [0.1, 0.15) is 11.8 Å². The molecule has 0 atom stereocenters. The van der Waals surface area contributed by atoms with Crippen molar-refractivity contribution in [1.29, 1.82) is 5.26 Å². The largest absolute Gasteiger partial charge is 0.492 e. The molecule has 8 nitrogen and oxygen atoms in total. The lowest BCUT2D eigenvalue weighted by Crippen LogP contribution is -2.43. The van der Waals surface area contributed by atoms with Crippen LogP contribution in [0.1, 0.15) is 31.2 Å². The Hall–Kier alpha value is -2.82. The number of ether oxygens (including phenoxy) is 1. The Kier molecular flexibility index (Phi) is 6.37. The monoisotopic (exact) mass is 332 g/mol. The maximum absolute atomic E-state index is 11.9. The molecule has 0 aliphatic carbocycles. The molecule has 2 amide bonds. The number of carbonyl (C=O) groups excluding carboxylic acids is 1. The van der Waals surface area contributed by atoms with Crippen LogP contribution in [0.4, 0.5) is 10.5 Å². The molecule has 1 aromatic rings. The number of nitriles is 1. The summed E-state index contributed by atoms with van der Waals surface area (Å²) in [7, 11) is 0. The number of likely N-dealkylation sites (tertiary alicyclic amines) is 1. The Morgan fingerprint density at radius 1 is 1.38 bits per heavy atom. The first-order valence-corrected chi connectivity index (χ1v) is 7.96. The van der Waals surface area contributed by atoms with Gasteiger partial charge in [0.2, 0.25) is 0 Å². The number of urea groups is 1. The molecule has 1 saturated heterocycles. The van der Waals surface area contributed by atoms with E-state index in [9.17, 15) is 14.9 Å². The number of nitrogens with zero attached hydrogens (tertiary/aromatic N) is 3. The lowest BCUT2D eigenvalue weighted by atomic mass is 10.1. The Balaban J connectivity index is 1.76. The third-order valence-electron chi connectivity index (χ3n) is 3.81. The Morgan fingerprint density at radius 2 is 2.12 bits per heavy atom. The fourth-order valence-corrected chi connectivity index (χ4v) is 2.56. The number of hydrogen-bond donors (Lipinski definition) is 1. The molecule has 1 fully saturated rings. The number of piperidine rings is 1. The average Bonchev–Trinajstić information content (AvgIpc) is 2.61. The zero-order chi connectivity index (χ0) is 17.4. The summed E-state index contributed by atoms with van der Waals surface area (Å²) in [5.41, 5.74) is -0.353. The molecule has 1 aliphatic rings. The second-order valence-electron chi connectivity index (χ2n) is 5.50. The maximum atomic E-state index is 11.9. The molecule has 24 heavy (non-hydrogen) atoms. The van der Waals surface area contributed by atoms with Gasteiger partial charge in [0, 0.05) is 25.7 Å². The van der Waals surface area contributed by atoms with Gasteiger partial charge in [-0.05, 0) is 31.7 Å². The van der Waals surface area contributed by atoms with E-state index in [0.29, 0.717) is 13.0 Å². The second-order valence-corrected chi connectivity index (χ2v) is 5.50. The number of rotatable bonds is 6. The SMILES string of the molecule is N#Cc1c(OCCCNC(=O)N2CCCCC2)cccc1[N+](=O)[O-]. The number of nitrogens with one attached hydrogen (secondary N) is 1. The molecule has 1 aromatic carbocycles. The maximum Gasteiger partial charge on any atom is 0.317 e. The normalized spacial score (nSPS) is 13.9. The van der Waals surface area contributed by atoms with Gasteiger partial charge < -0.3 is 15.0 Å². The van der Waals surface area contributed by atoms with Crippen molar-refractivity contribution in [2.45, 2.75) is 25.7 Å². The highest BCUT2D eigenvalue weighted by Crippen LogP contribution is 2.27. The molecule has 8 heteroatoms. The Labute approximate surface area is 140 Å². The first-order chi connectivity index (χ1) is 11.6. The highest BCUT2D eigenvalue weighted by molar-refractivity contribution is 5.74.